The standard InChI is InChI=1S/C20H16F2N2O3S/c1-2-12-3-5-13(6-4-12)17-11-28-20(23-17)24-18(25)10-27-19(26)15-8-7-14(21)9-16(15)22/h3-9,11H,2,10H2,1H3,(H,23,24,25). The van der Waals surface area contributed by atoms with Crippen LogP contribution in [0.15, 0.2) is 47.8 Å². The zero-order valence-corrected chi connectivity index (χ0v) is 15.7. The molecule has 0 aliphatic carbocycles. The quantitative estimate of drug-likeness (QED) is 0.619. The summed E-state index contributed by atoms with van der Waals surface area (Å²) in [5.41, 5.74) is 2.41. The Balaban J connectivity index is 1.56. The van der Waals surface area contributed by atoms with E-state index in [-0.39, 0.29) is 0 Å². The van der Waals surface area contributed by atoms with Crippen LogP contribution in [0.25, 0.3) is 11.3 Å². The van der Waals surface area contributed by atoms with Crippen molar-refractivity contribution in [1.82, 2.24) is 4.98 Å². The molecule has 5 nitrogen and oxygen atoms in total. The topological polar surface area (TPSA) is 68.3 Å². The van der Waals surface area contributed by atoms with Crippen molar-refractivity contribution >= 4 is 28.3 Å². The summed E-state index contributed by atoms with van der Waals surface area (Å²) in [6.07, 6.45) is 0.944. The van der Waals surface area contributed by atoms with Crippen LogP contribution in [-0.4, -0.2) is 23.5 Å². The summed E-state index contributed by atoms with van der Waals surface area (Å²) in [7, 11) is 0. The Morgan fingerprint density at radius 3 is 2.57 bits per heavy atom. The van der Waals surface area contributed by atoms with E-state index in [1.165, 1.54) is 16.9 Å². The molecular formula is C20H16F2N2O3S. The highest BCUT2D eigenvalue weighted by Gasteiger charge is 2.16. The molecule has 144 valence electrons. The smallest absolute Gasteiger partial charge is 0.341 e. The van der Waals surface area contributed by atoms with E-state index in [9.17, 15) is 18.4 Å². The number of aryl methyl sites for hydroxylation is 1. The molecule has 0 aliphatic heterocycles. The molecule has 0 fully saturated rings. The Hall–Kier alpha value is -3.13. The van der Waals surface area contributed by atoms with Gasteiger partial charge in [0.2, 0.25) is 0 Å². The van der Waals surface area contributed by atoms with Crippen molar-refractivity contribution in [3.05, 3.63) is 70.6 Å². The van der Waals surface area contributed by atoms with E-state index in [2.05, 4.69) is 17.2 Å². The second-order valence-electron chi connectivity index (χ2n) is 5.84. The minimum atomic E-state index is -1.05. The molecule has 0 aliphatic rings. The van der Waals surface area contributed by atoms with E-state index in [0.29, 0.717) is 16.9 Å². The lowest BCUT2D eigenvalue weighted by molar-refractivity contribution is -0.119. The number of esters is 1. The van der Waals surface area contributed by atoms with Crippen molar-refractivity contribution in [2.75, 3.05) is 11.9 Å². The van der Waals surface area contributed by atoms with Crippen molar-refractivity contribution < 1.29 is 23.1 Å². The fourth-order valence-corrected chi connectivity index (χ4v) is 3.13. The van der Waals surface area contributed by atoms with Crippen LogP contribution in [0.2, 0.25) is 0 Å². The lowest BCUT2D eigenvalue weighted by atomic mass is 10.1. The number of rotatable bonds is 6. The van der Waals surface area contributed by atoms with Gasteiger partial charge >= 0.3 is 5.97 Å². The summed E-state index contributed by atoms with van der Waals surface area (Å²) in [6.45, 7) is 1.46. The van der Waals surface area contributed by atoms with Crippen molar-refractivity contribution in [3.63, 3.8) is 0 Å². The first-order chi connectivity index (χ1) is 13.5. The summed E-state index contributed by atoms with van der Waals surface area (Å²) < 4.78 is 31.2. The SMILES string of the molecule is CCc1ccc(-c2csc(NC(=O)COC(=O)c3ccc(F)cc3F)n2)cc1. The molecule has 2 aromatic carbocycles. The third-order valence-electron chi connectivity index (χ3n) is 3.89. The number of ether oxygens (including phenoxy) is 1. The van der Waals surface area contributed by atoms with Crippen LogP contribution in [0, 0.1) is 11.6 Å². The Morgan fingerprint density at radius 2 is 1.89 bits per heavy atom. The molecule has 0 atom stereocenters. The number of carbonyl (C=O) groups excluding carboxylic acids is 2. The molecule has 0 saturated heterocycles. The number of benzene rings is 2. The number of amides is 1. The van der Waals surface area contributed by atoms with Crippen LogP contribution in [0.4, 0.5) is 13.9 Å². The molecule has 0 saturated carbocycles. The molecule has 3 rings (SSSR count). The van der Waals surface area contributed by atoms with Gasteiger partial charge in [-0.3, -0.25) is 10.1 Å². The van der Waals surface area contributed by atoms with E-state index >= 15 is 0 Å². The maximum absolute atomic E-state index is 13.5. The minimum Gasteiger partial charge on any atom is -0.452 e. The summed E-state index contributed by atoms with van der Waals surface area (Å²) in [5.74, 6) is -3.53. The van der Waals surface area contributed by atoms with Gasteiger partial charge in [-0.1, -0.05) is 31.2 Å². The minimum absolute atomic E-state index is 0.351. The van der Waals surface area contributed by atoms with Gasteiger partial charge < -0.3 is 4.74 Å². The zero-order valence-electron chi connectivity index (χ0n) is 14.9. The molecule has 1 N–H and O–H groups in total. The van der Waals surface area contributed by atoms with Crippen LogP contribution in [0.3, 0.4) is 0 Å². The van der Waals surface area contributed by atoms with Crippen LogP contribution < -0.4 is 5.32 Å². The normalized spacial score (nSPS) is 10.5. The van der Waals surface area contributed by atoms with Crippen molar-refractivity contribution in [2.24, 2.45) is 0 Å². The predicted molar refractivity (Wildman–Crippen MR) is 102 cm³/mol. The van der Waals surface area contributed by atoms with Gasteiger partial charge in [0.05, 0.1) is 11.3 Å². The number of hydrogen-bond acceptors (Lipinski definition) is 5. The van der Waals surface area contributed by atoms with Gasteiger partial charge in [-0.15, -0.1) is 11.3 Å². The number of nitrogens with one attached hydrogen (secondary N) is 1. The summed E-state index contributed by atoms with van der Waals surface area (Å²) in [6, 6.07) is 10.4. The lowest BCUT2D eigenvalue weighted by Gasteiger charge is -2.05. The monoisotopic (exact) mass is 402 g/mol. The van der Waals surface area contributed by atoms with E-state index in [4.69, 9.17) is 4.74 Å². The molecule has 0 bridgehead atoms. The molecule has 0 unspecified atom stereocenters. The first-order valence-electron chi connectivity index (χ1n) is 8.43. The average Bonchev–Trinajstić information content (AvgIpc) is 3.14. The summed E-state index contributed by atoms with van der Waals surface area (Å²) in [5, 5.41) is 4.68. The molecule has 28 heavy (non-hydrogen) atoms. The number of thiazole rings is 1. The number of hydrogen-bond donors (Lipinski definition) is 1. The van der Waals surface area contributed by atoms with E-state index in [0.717, 1.165) is 24.1 Å². The third-order valence-corrected chi connectivity index (χ3v) is 4.65. The number of nitrogens with zero attached hydrogens (tertiary/aromatic N) is 1. The highest BCUT2D eigenvalue weighted by Crippen LogP contribution is 2.25. The first kappa shape index (κ1) is 19.6. The van der Waals surface area contributed by atoms with Crippen LogP contribution >= 0.6 is 11.3 Å². The number of aromatic nitrogens is 1. The number of halogens is 2. The van der Waals surface area contributed by atoms with E-state index in [1.807, 2.05) is 24.3 Å². The van der Waals surface area contributed by atoms with Crippen LogP contribution in [-0.2, 0) is 16.0 Å². The Kier molecular flexibility index (Phi) is 6.10. The summed E-state index contributed by atoms with van der Waals surface area (Å²) >= 11 is 1.23. The maximum Gasteiger partial charge on any atom is 0.341 e. The molecule has 1 amide bonds. The second kappa shape index (κ2) is 8.71. The van der Waals surface area contributed by atoms with Crippen LogP contribution in [0.1, 0.15) is 22.8 Å². The Bertz CT molecular complexity index is 1000. The first-order valence-corrected chi connectivity index (χ1v) is 9.31. The molecular weight excluding hydrogens is 386 g/mol. The van der Waals surface area contributed by atoms with Gasteiger partial charge in [0, 0.05) is 17.0 Å². The number of anilines is 1. The summed E-state index contributed by atoms with van der Waals surface area (Å²) in [4.78, 5) is 28.1. The molecule has 0 spiro atoms. The van der Waals surface area contributed by atoms with Gasteiger partial charge in [0.15, 0.2) is 11.7 Å². The number of carbonyl (C=O) groups is 2. The molecule has 0 radical (unpaired) electrons. The molecule has 8 heteroatoms. The van der Waals surface area contributed by atoms with Gasteiger partial charge in [0.1, 0.15) is 11.6 Å². The lowest BCUT2D eigenvalue weighted by Crippen LogP contribution is -2.21. The Labute approximate surface area is 164 Å². The molecule has 1 heterocycles. The van der Waals surface area contributed by atoms with Gasteiger partial charge in [-0.25, -0.2) is 18.6 Å². The largest absolute Gasteiger partial charge is 0.452 e. The van der Waals surface area contributed by atoms with Gasteiger partial charge in [-0.2, -0.15) is 0 Å². The van der Waals surface area contributed by atoms with Gasteiger partial charge in [0.25, 0.3) is 5.91 Å². The average molecular weight is 402 g/mol. The van der Waals surface area contributed by atoms with Crippen molar-refractivity contribution in [1.29, 1.82) is 0 Å². The van der Waals surface area contributed by atoms with E-state index < -0.39 is 35.7 Å². The predicted octanol–water partition coefficient (Wildman–Crippen LogP) is 4.45. The Morgan fingerprint density at radius 1 is 1.14 bits per heavy atom. The van der Waals surface area contributed by atoms with Crippen molar-refractivity contribution in [3.8, 4) is 11.3 Å². The highest BCUT2D eigenvalue weighted by molar-refractivity contribution is 7.14. The van der Waals surface area contributed by atoms with Crippen molar-refractivity contribution in [2.45, 2.75) is 13.3 Å². The highest BCUT2D eigenvalue weighted by atomic mass is 32.1. The van der Waals surface area contributed by atoms with Gasteiger partial charge in [-0.05, 0) is 24.1 Å². The fourth-order valence-electron chi connectivity index (χ4n) is 2.39. The second-order valence-corrected chi connectivity index (χ2v) is 6.69. The zero-order chi connectivity index (χ0) is 20.1. The third kappa shape index (κ3) is 4.77. The van der Waals surface area contributed by atoms with E-state index in [1.54, 1.807) is 5.38 Å². The molecule has 1 aromatic heterocycles. The fraction of sp³-hybridized carbons (Fsp3) is 0.150. The molecule has 3 aromatic rings. The van der Waals surface area contributed by atoms with Crippen LogP contribution in [0.5, 0.6) is 0 Å². The maximum atomic E-state index is 13.5.